The molecular formula is C12H9N3O6. The number of nitrogens with two attached hydrogens (primary N) is 1. The lowest BCUT2D eigenvalue weighted by Crippen LogP contribution is -2.12. The van der Waals surface area contributed by atoms with Crippen LogP contribution in [-0.4, -0.2) is 21.8 Å². The van der Waals surface area contributed by atoms with E-state index in [2.05, 4.69) is 9.40 Å². The van der Waals surface area contributed by atoms with Gasteiger partial charge in [0.15, 0.2) is 12.1 Å². The van der Waals surface area contributed by atoms with Crippen molar-refractivity contribution in [3.63, 3.8) is 0 Å². The molecule has 0 atom stereocenters. The third-order valence-corrected chi connectivity index (χ3v) is 2.48. The molecule has 1 heterocycles. The van der Waals surface area contributed by atoms with Crippen LogP contribution in [0.15, 0.2) is 35.3 Å². The number of esters is 1. The predicted molar refractivity (Wildman–Crippen MR) is 67.2 cm³/mol. The minimum atomic E-state index is -0.817. The van der Waals surface area contributed by atoms with E-state index in [-0.39, 0.29) is 29.1 Å². The Hall–Kier alpha value is -3.23. The third kappa shape index (κ3) is 3.41. The molecule has 108 valence electrons. The molecule has 0 aliphatic rings. The largest absolute Gasteiger partial charge is 0.456 e. The Morgan fingerprint density at radius 1 is 1.38 bits per heavy atom. The number of non-ortho nitro benzene ring substituents is 1. The molecule has 2 aromatic rings. The van der Waals surface area contributed by atoms with E-state index in [1.165, 1.54) is 12.1 Å². The van der Waals surface area contributed by atoms with E-state index in [0.717, 1.165) is 18.7 Å². The van der Waals surface area contributed by atoms with Gasteiger partial charge in [-0.3, -0.25) is 14.9 Å². The van der Waals surface area contributed by atoms with Gasteiger partial charge in [0.2, 0.25) is 5.91 Å². The second kappa shape index (κ2) is 5.82. The van der Waals surface area contributed by atoms with Crippen LogP contribution in [0.3, 0.4) is 0 Å². The van der Waals surface area contributed by atoms with E-state index in [4.69, 9.17) is 10.5 Å². The lowest BCUT2D eigenvalue weighted by atomic mass is 10.1. The molecule has 0 saturated heterocycles. The first-order chi connectivity index (χ1) is 9.97. The first kappa shape index (κ1) is 14.2. The Morgan fingerprint density at radius 2 is 2.14 bits per heavy atom. The molecule has 2 rings (SSSR count). The fourth-order valence-corrected chi connectivity index (χ4v) is 1.54. The van der Waals surface area contributed by atoms with E-state index in [0.29, 0.717) is 0 Å². The summed E-state index contributed by atoms with van der Waals surface area (Å²) in [7, 11) is 0. The highest BCUT2D eigenvalue weighted by molar-refractivity contribution is 5.93. The number of hydrogen-bond acceptors (Lipinski definition) is 7. The molecule has 0 unspecified atom stereocenters. The third-order valence-electron chi connectivity index (χ3n) is 2.48. The standard InChI is InChI=1S/C12H9N3O6/c13-11(16)8-1-7(2-9(3-8)15(18)19)4-21-12(17)10-5-20-6-14-10/h1-3,5-6H,4H2,(H2,13,16). The molecular weight excluding hydrogens is 282 g/mol. The summed E-state index contributed by atoms with van der Waals surface area (Å²) < 4.78 is 9.53. The average Bonchev–Trinajstić information content (AvgIpc) is 2.98. The Kier molecular flexibility index (Phi) is 3.93. The molecule has 1 amide bonds. The maximum absolute atomic E-state index is 11.5. The summed E-state index contributed by atoms with van der Waals surface area (Å²) in [4.78, 5) is 36.4. The lowest BCUT2D eigenvalue weighted by Gasteiger charge is -2.05. The molecule has 0 aliphatic heterocycles. The molecule has 9 nitrogen and oxygen atoms in total. The van der Waals surface area contributed by atoms with Crippen LogP contribution in [0.4, 0.5) is 5.69 Å². The smallest absolute Gasteiger partial charge is 0.360 e. The van der Waals surface area contributed by atoms with Crippen LogP contribution in [0, 0.1) is 10.1 Å². The maximum atomic E-state index is 11.5. The molecule has 0 radical (unpaired) electrons. The number of carbonyl (C=O) groups is 2. The number of aromatic nitrogens is 1. The van der Waals surface area contributed by atoms with Gasteiger partial charge in [0.25, 0.3) is 5.69 Å². The summed E-state index contributed by atoms with van der Waals surface area (Å²) in [5.74, 6) is -1.57. The zero-order chi connectivity index (χ0) is 15.4. The van der Waals surface area contributed by atoms with Gasteiger partial charge in [-0.05, 0) is 11.6 Å². The van der Waals surface area contributed by atoms with Crippen molar-refractivity contribution in [2.75, 3.05) is 0 Å². The second-order valence-corrected chi connectivity index (χ2v) is 3.96. The number of oxazole rings is 1. The number of primary amides is 1. The van der Waals surface area contributed by atoms with Crippen LogP contribution in [0.25, 0.3) is 0 Å². The van der Waals surface area contributed by atoms with Gasteiger partial charge in [0, 0.05) is 17.7 Å². The lowest BCUT2D eigenvalue weighted by molar-refractivity contribution is -0.385. The first-order valence-electron chi connectivity index (χ1n) is 5.61. The fourth-order valence-electron chi connectivity index (χ4n) is 1.54. The van der Waals surface area contributed by atoms with Gasteiger partial charge < -0.3 is 14.9 Å². The summed E-state index contributed by atoms with van der Waals surface area (Å²) in [5.41, 5.74) is 4.96. The molecule has 0 bridgehead atoms. The Morgan fingerprint density at radius 3 is 2.71 bits per heavy atom. The summed E-state index contributed by atoms with van der Waals surface area (Å²) >= 11 is 0. The van der Waals surface area contributed by atoms with E-state index < -0.39 is 16.8 Å². The summed E-state index contributed by atoms with van der Waals surface area (Å²) in [6.45, 7) is -0.270. The van der Waals surface area contributed by atoms with E-state index >= 15 is 0 Å². The Labute approximate surface area is 117 Å². The van der Waals surface area contributed by atoms with Crippen molar-refractivity contribution in [2.45, 2.75) is 6.61 Å². The molecule has 0 aliphatic carbocycles. The van der Waals surface area contributed by atoms with Crippen molar-refractivity contribution in [3.05, 3.63) is 57.8 Å². The quantitative estimate of drug-likeness (QED) is 0.493. The Balaban J connectivity index is 2.17. The zero-order valence-electron chi connectivity index (χ0n) is 10.5. The molecule has 9 heteroatoms. The normalized spacial score (nSPS) is 10.1. The van der Waals surface area contributed by atoms with E-state index in [1.807, 2.05) is 0 Å². The van der Waals surface area contributed by atoms with Crippen LogP contribution in [0.5, 0.6) is 0 Å². The number of amides is 1. The van der Waals surface area contributed by atoms with Crippen LogP contribution in [-0.2, 0) is 11.3 Å². The fraction of sp³-hybridized carbons (Fsp3) is 0.0833. The molecule has 1 aromatic carbocycles. The van der Waals surface area contributed by atoms with Crippen molar-refractivity contribution in [3.8, 4) is 0 Å². The second-order valence-electron chi connectivity index (χ2n) is 3.96. The minimum Gasteiger partial charge on any atom is -0.456 e. The van der Waals surface area contributed by atoms with Crippen LogP contribution in [0.2, 0.25) is 0 Å². The maximum Gasteiger partial charge on any atom is 0.360 e. The van der Waals surface area contributed by atoms with Gasteiger partial charge in [-0.2, -0.15) is 0 Å². The number of rotatable bonds is 5. The molecule has 2 N–H and O–H groups in total. The van der Waals surface area contributed by atoms with Crippen LogP contribution < -0.4 is 5.73 Å². The van der Waals surface area contributed by atoms with Gasteiger partial charge in [0.1, 0.15) is 12.9 Å². The van der Waals surface area contributed by atoms with Gasteiger partial charge in [-0.15, -0.1) is 0 Å². The number of nitro groups is 1. The topological polar surface area (TPSA) is 139 Å². The number of nitro benzene ring substituents is 1. The number of carbonyl (C=O) groups excluding carboxylic acids is 2. The molecule has 21 heavy (non-hydrogen) atoms. The van der Waals surface area contributed by atoms with Crippen molar-refractivity contribution in [2.24, 2.45) is 5.73 Å². The first-order valence-corrected chi connectivity index (χ1v) is 5.61. The van der Waals surface area contributed by atoms with E-state index in [9.17, 15) is 19.7 Å². The van der Waals surface area contributed by atoms with Gasteiger partial charge in [0.05, 0.1) is 4.92 Å². The highest BCUT2D eigenvalue weighted by atomic mass is 16.6. The van der Waals surface area contributed by atoms with Crippen LogP contribution >= 0.6 is 0 Å². The van der Waals surface area contributed by atoms with E-state index in [1.54, 1.807) is 0 Å². The molecule has 0 spiro atoms. The average molecular weight is 291 g/mol. The number of nitrogens with zero attached hydrogens (tertiary/aromatic N) is 2. The summed E-state index contributed by atoms with van der Waals surface area (Å²) in [5, 5.41) is 10.8. The van der Waals surface area contributed by atoms with Gasteiger partial charge in [-0.25, -0.2) is 9.78 Å². The number of ether oxygens (including phenoxy) is 1. The number of benzene rings is 1. The van der Waals surface area contributed by atoms with Crippen molar-refractivity contribution < 1.29 is 23.7 Å². The van der Waals surface area contributed by atoms with Crippen LogP contribution in [0.1, 0.15) is 26.4 Å². The SMILES string of the molecule is NC(=O)c1cc(COC(=O)c2cocn2)cc([N+](=O)[O-])c1. The molecule has 0 saturated carbocycles. The molecule has 1 aromatic heterocycles. The number of hydrogen-bond donors (Lipinski definition) is 1. The van der Waals surface area contributed by atoms with Crippen molar-refractivity contribution in [1.82, 2.24) is 4.98 Å². The summed E-state index contributed by atoms with van der Waals surface area (Å²) in [6, 6.07) is 3.54. The molecule has 0 fully saturated rings. The monoisotopic (exact) mass is 291 g/mol. The highest BCUT2D eigenvalue weighted by Crippen LogP contribution is 2.18. The van der Waals surface area contributed by atoms with Crippen molar-refractivity contribution in [1.29, 1.82) is 0 Å². The van der Waals surface area contributed by atoms with Crippen molar-refractivity contribution >= 4 is 17.6 Å². The zero-order valence-corrected chi connectivity index (χ0v) is 10.5. The Bertz CT molecular complexity index is 663. The predicted octanol–water partition coefficient (Wildman–Crippen LogP) is 1.04. The highest BCUT2D eigenvalue weighted by Gasteiger charge is 2.15. The van der Waals surface area contributed by atoms with Gasteiger partial charge in [-0.1, -0.05) is 0 Å². The minimum absolute atomic E-state index is 0.0319. The summed E-state index contributed by atoms with van der Waals surface area (Å²) in [6.07, 6.45) is 2.17. The van der Waals surface area contributed by atoms with Gasteiger partial charge >= 0.3 is 5.97 Å².